The molecule has 2 aromatic rings. The van der Waals surface area contributed by atoms with E-state index < -0.39 is 0 Å². The molecule has 0 atom stereocenters. The van der Waals surface area contributed by atoms with Crippen LogP contribution in [0.2, 0.25) is 0 Å². The molecular formula is C17H22N2O3S. The number of carbonyl (C=O) groups is 1. The van der Waals surface area contributed by atoms with Crippen LogP contribution in [0.4, 0.5) is 0 Å². The number of benzene rings is 1. The van der Waals surface area contributed by atoms with Gasteiger partial charge in [0.25, 0.3) is 5.91 Å². The molecule has 1 amide bonds. The molecule has 1 heterocycles. The minimum atomic E-state index is -0.172. The van der Waals surface area contributed by atoms with Gasteiger partial charge >= 0.3 is 0 Å². The number of nitrogens with zero attached hydrogens (tertiary/aromatic N) is 1. The Morgan fingerprint density at radius 3 is 2.74 bits per heavy atom. The Morgan fingerprint density at radius 2 is 2.09 bits per heavy atom. The number of hydrogen-bond donors (Lipinski definition) is 1. The van der Waals surface area contributed by atoms with Gasteiger partial charge in [-0.25, -0.2) is 4.98 Å². The summed E-state index contributed by atoms with van der Waals surface area (Å²) >= 11 is 1.53. The van der Waals surface area contributed by atoms with Crippen LogP contribution in [-0.2, 0) is 13.0 Å². The Hall–Kier alpha value is -2.08. The minimum absolute atomic E-state index is 0.172. The predicted octanol–water partition coefficient (Wildman–Crippen LogP) is 3.29. The van der Waals surface area contributed by atoms with Crippen molar-refractivity contribution in [2.45, 2.75) is 26.8 Å². The van der Waals surface area contributed by atoms with Crippen molar-refractivity contribution in [3.05, 3.63) is 39.8 Å². The van der Waals surface area contributed by atoms with Crippen molar-refractivity contribution in [3.63, 3.8) is 0 Å². The summed E-state index contributed by atoms with van der Waals surface area (Å²) in [6, 6.07) is 5.52. The number of ether oxygens (including phenoxy) is 2. The van der Waals surface area contributed by atoms with E-state index in [2.05, 4.69) is 24.1 Å². The van der Waals surface area contributed by atoms with Crippen LogP contribution >= 0.6 is 11.3 Å². The highest BCUT2D eigenvalue weighted by atomic mass is 32.1. The van der Waals surface area contributed by atoms with E-state index in [0.29, 0.717) is 23.9 Å². The second-order valence-electron chi connectivity index (χ2n) is 5.58. The minimum Gasteiger partial charge on any atom is -0.497 e. The summed E-state index contributed by atoms with van der Waals surface area (Å²) in [5.74, 6) is 1.76. The number of nitrogens with one attached hydrogen (secondary N) is 1. The molecule has 0 aliphatic heterocycles. The first kappa shape index (κ1) is 17.3. The average Bonchev–Trinajstić information content (AvgIpc) is 3.00. The highest BCUT2D eigenvalue weighted by Crippen LogP contribution is 2.24. The maximum Gasteiger partial charge on any atom is 0.271 e. The summed E-state index contributed by atoms with van der Waals surface area (Å²) in [4.78, 5) is 16.6. The van der Waals surface area contributed by atoms with Gasteiger partial charge in [0.1, 0.15) is 17.2 Å². The molecule has 5 nitrogen and oxygen atoms in total. The monoisotopic (exact) mass is 334 g/mol. The lowest BCUT2D eigenvalue weighted by molar-refractivity contribution is 0.0946. The first-order chi connectivity index (χ1) is 11.0. The number of thiazole rings is 1. The van der Waals surface area contributed by atoms with Gasteiger partial charge in [-0.2, -0.15) is 0 Å². The van der Waals surface area contributed by atoms with Gasteiger partial charge in [0, 0.05) is 30.0 Å². The van der Waals surface area contributed by atoms with E-state index in [1.54, 1.807) is 25.7 Å². The Kier molecular flexibility index (Phi) is 5.98. The third kappa shape index (κ3) is 4.69. The van der Waals surface area contributed by atoms with Crippen LogP contribution in [0.3, 0.4) is 0 Å². The number of rotatable bonds is 7. The first-order valence-corrected chi connectivity index (χ1v) is 8.35. The molecule has 0 radical (unpaired) electrons. The average molecular weight is 334 g/mol. The molecule has 0 spiro atoms. The van der Waals surface area contributed by atoms with Gasteiger partial charge in [0.15, 0.2) is 0 Å². The van der Waals surface area contributed by atoms with Crippen LogP contribution < -0.4 is 14.8 Å². The quantitative estimate of drug-likeness (QED) is 0.844. The standard InChI is InChI=1S/C17H22N2O3S/c1-11(2)7-16-19-14(10-23-16)17(20)18-9-12-5-6-13(21-3)8-15(12)22-4/h5-6,8,10-11H,7,9H2,1-4H3,(H,18,20). The molecule has 124 valence electrons. The van der Waals surface area contributed by atoms with Crippen molar-refractivity contribution in [1.82, 2.24) is 10.3 Å². The second-order valence-corrected chi connectivity index (χ2v) is 6.53. The molecule has 0 aliphatic carbocycles. The van der Waals surface area contributed by atoms with Gasteiger partial charge in [-0.3, -0.25) is 4.79 Å². The molecule has 0 saturated heterocycles. The number of hydrogen-bond acceptors (Lipinski definition) is 5. The molecule has 2 rings (SSSR count). The van der Waals surface area contributed by atoms with Crippen molar-refractivity contribution in [3.8, 4) is 11.5 Å². The van der Waals surface area contributed by atoms with Crippen molar-refractivity contribution >= 4 is 17.2 Å². The molecule has 0 aliphatic rings. The molecular weight excluding hydrogens is 312 g/mol. The molecule has 0 saturated carbocycles. The Balaban J connectivity index is 2.00. The highest BCUT2D eigenvalue weighted by molar-refractivity contribution is 7.09. The van der Waals surface area contributed by atoms with Crippen molar-refractivity contribution in [1.29, 1.82) is 0 Å². The van der Waals surface area contributed by atoms with Gasteiger partial charge in [-0.05, 0) is 18.1 Å². The SMILES string of the molecule is COc1ccc(CNC(=O)c2csc(CC(C)C)n2)c(OC)c1. The highest BCUT2D eigenvalue weighted by Gasteiger charge is 2.12. The molecule has 1 N–H and O–H groups in total. The van der Waals surface area contributed by atoms with Gasteiger partial charge < -0.3 is 14.8 Å². The Morgan fingerprint density at radius 1 is 1.30 bits per heavy atom. The molecule has 0 bridgehead atoms. The molecule has 23 heavy (non-hydrogen) atoms. The fourth-order valence-electron chi connectivity index (χ4n) is 2.12. The fourth-order valence-corrected chi connectivity index (χ4v) is 3.11. The normalized spacial score (nSPS) is 10.7. The molecule has 0 fully saturated rings. The summed E-state index contributed by atoms with van der Waals surface area (Å²) in [6.45, 7) is 4.65. The third-order valence-electron chi connectivity index (χ3n) is 3.30. The van der Waals surface area contributed by atoms with Gasteiger partial charge in [-0.15, -0.1) is 11.3 Å². The summed E-state index contributed by atoms with van der Waals surface area (Å²) in [5, 5.41) is 5.68. The van der Waals surface area contributed by atoms with E-state index in [-0.39, 0.29) is 5.91 Å². The van der Waals surface area contributed by atoms with Crippen LogP contribution in [0.1, 0.15) is 34.9 Å². The number of aromatic nitrogens is 1. The smallest absolute Gasteiger partial charge is 0.271 e. The second kappa shape index (κ2) is 7.97. The molecule has 6 heteroatoms. The number of methoxy groups -OCH3 is 2. The van der Waals surface area contributed by atoms with Crippen LogP contribution in [0, 0.1) is 5.92 Å². The van der Waals surface area contributed by atoms with Crippen LogP contribution in [0.5, 0.6) is 11.5 Å². The maximum atomic E-state index is 12.2. The molecule has 1 aromatic heterocycles. The van der Waals surface area contributed by atoms with E-state index in [0.717, 1.165) is 22.7 Å². The molecule has 0 unspecified atom stereocenters. The van der Waals surface area contributed by atoms with Crippen LogP contribution in [0.25, 0.3) is 0 Å². The van der Waals surface area contributed by atoms with Crippen molar-refractivity contribution in [2.75, 3.05) is 14.2 Å². The van der Waals surface area contributed by atoms with Gasteiger partial charge in [0.2, 0.25) is 0 Å². The molecule has 1 aromatic carbocycles. The van der Waals surface area contributed by atoms with Crippen LogP contribution in [-0.4, -0.2) is 25.1 Å². The lowest BCUT2D eigenvalue weighted by atomic mass is 10.1. The Bertz CT molecular complexity index is 668. The van der Waals surface area contributed by atoms with E-state index in [1.165, 1.54) is 11.3 Å². The maximum absolute atomic E-state index is 12.2. The fraction of sp³-hybridized carbons (Fsp3) is 0.412. The van der Waals surface area contributed by atoms with E-state index in [4.69, 9.17) is 9.47 Å². The van der Waals surface area contributed by atoms with Gasteiger partial charge in [-0.1, -0.05) is 13.8 Å². The van der Waals surface area contributed by atoms with Crippen molar-refractivity contribution < 1.29 is 14.3 Å². The summed E-state index contributed by atoms with van der Waals surface area (Å²) in [6.07, 6.45) is 0.893. The Labute approximate surface area is 140 Å². The van der Waals surface area contributed by atoms with E-state index >= 15 is 0 Å². The largest absolute Gasteiger partial charge is 0.497 e. The predicted molar refractivity (Wildman–Crippen MR) is 91.4 cm³/mol. The summed E-state index contributed by atoms with van der Waals surface area (Å²) < 4.78 is 10.5. The van der Waals surface area contributed by atoms with Gasteiger partial charge in [0.05, 0.1) is 19.2 Å². The first-order valence-electron chi connectivity index (χ1n) is 7.47. The van der Waals surface area contributed by atoms with E-state index in [9.17, 15) is 4.79 Å². The zero-order chi connectivity index (χ0) is 16.8. The number of amides is 1. The topological polar surface area (TPSA) is 60.5 Å². The number of carbonyl (C=O) groups excluding carboxylic acids is 1. The summed E-state index contributed by atoms with van der Waals surface area (Å²) in [7, 11) is 3.20. The van der Waals surface area contributed by atoms with E-state index in [1.807, 2.05) is 12.1 Å². The third-order valence-corrected chi connectivity index (χ3v) is 4.17. The van der Waals surface area contributed by atoms with Crippen molar-refractivity contribution in [2.24, 2.45) is 5.92 Å². The lowest BCUT2D eigenvalue weighted by Crippen LogP contribution is -2.23. The lowest BCUT2D eigenvalue weighted by Gasteiger charge is -2.10. The van der Waals surface area contributed by atoms with Crippen LogP contribution in [0.15, 0.2) is 23.6 Å². The zero-order valence-electron chi connectivity index (χ0n) is 13.9. The zero-order valence-corrected chi connectivity index (χ0v) is 14.7. The summed E-state index contributed by atoms with van der Waals surface area (Å²) in [5.41, 5.74) is 1.36.